The van der Waals surface area contributed by atoms with Crippen molar-refractivity contribution in [3.8, 4) is 0 Å². The highest BCUT2D eigenvalue weighted by molar-refractivity contribution is 5.83. The van der Waals surface area contributed by atoms with Crippen molar-refractivity contribution in [3.05, 3.63) is 36.0 Å². The summed E-state index contributed by atoms with van der Waals surface area (Å²) in [6.45, 7) is 6.62. The third-order valence-electron chi connectivity index (χ3n) is 3.64. The minimum Gasteiger partial charge on any atom is -0.361 e. The first-order chi connectivity index (χ1) is 8.09. The predicted octanol–water partition coefficient (Wildman–Crippen LogP) is 3.33. The van der Waals surface area contributed by atoms with Crippen molar-refractivity contribution in [3.63, 3.8) is 0 Å². The first-order valence-electron chi connectivity index (χ1n) is 6.40. The van der Waals surface area contributed by atoms with E-state index >= 15 is 0 Å². The molecule has 0 aliphatic heterocycles. The maximum Gasteiger partial charge on any atom is 0.0456 e. The average molecular weight is 230 g/mol. The number of rotatable bonds is 4. The molecule has 2 nitrogen and oxygen atoms in total. The number of benzene rings is 1. The zero-order valence-corrected chi connectivity index (χ0v) is 10.9. The molecule has 1 unspecified atom stereocenters. The van der Waals surface area contributed by atoms with Gasteiger partial charge in [0.1, 0.15) is 0 Å². The van der Waals surface area contributed by atoms with E-state index in [4.69, 9.17) is 5.73 Å². The molecule has 17 heavy (non-hydrogen) atoms. The zero-order valence-electron chi connectivity index (χ0n) is 10.9. The van der Waals surface area contributed by atoms with Crippen LogP contribution in [0.25, 0.3) is 10.9 Å². The predicted molar refractivity (Wildman–Crippen MR) is 74.0 cm³/mol. The first-order valence-corrected chi connectivity index (χ1v) is 6.40. The molecule has 1 aromatic carbocycles. The highest BCUT2D eigenvalue weighted by atomic mass is 14.7. The standard InChI is InChI=1S/C15H22N2/c1-10(2)15(16)11(3)8-12-9-17-14-7-5-4-6-13(12)14/h4-7,9-11,15,17H,8,16H2,1-3H3/t11-,15?/m1/s1. The van der Waals surface area contributed by atoms with Crippen LogP contribution in [0.3, 0.4) is 0 Å². The number of nitrogens with two attached hydrogens (primary N) is 1. The Kier molecular flexibility index (Phi) is 3.53. The second-order valence-electron chi connectivity index (χ2n) is 5.36. The van der Waals surface area contributed by atoms with Gasteiger partial charge in [-0.3, -0.25) is 0 Å². The molecule has 2 aromatic rings. The smallest absolute Gasteiger partial charge is 0.0456 e. The minimum atomic E-state index is 0.267. The molecule has 0 fully saturated rings. The van der Waals surface area contributed by atoms with Crippen LogP contribution >= 0.6 is 0 Å². The number of nitrogens with one attached hydrogen (secondary N) is 1. The fraction of sp³-hybridized carbons (Fsp3) is 0.467. The van der Waals surface area contributed by atoms with E-state index in [2.05, 4.69) is 56.2 Å². The van der Waals surface area contributed by atoms with Gasteiger partial charge in [0, 0.05) is 23.1 Å². The molecule has 92 valence electrons. The largest absolute Gasteiger partial charge is 0.361 e. The molecule has 1 heterocycles. The van der Waals surface area contributed by atoms with Crippen molar-refractivity contribution in [2.45, 2.75) is 33.2 Å². The summed E-state index contributed by atoms with van der Waals surface area (Å²) in [5.41, 5.74) is 8.80. The van der Waals surface area contributed by atoms with E-state index in [1.807, 2.05) is 0 Å². The summed E-state index contributed by atoms with van der Waals surface area (Å²) in [5, 5.41) is 1.33. The van der Waals surface area contributed by atoms with Gasteiger partial charge in [0.15, 0.2) is 0 Å². The molecule has 0 amide bonds. The minimum absolute atomic E-state index is 0.267. The Morgan fingerprint density at radius 1 is 1.18 bits per heavy atom. The lowest BCUT2D eigenvalue weighted by molar-refractivity contribution is 0.362. The van der Waals surface area contributed by atoms with Crippen molar-refractivity contribution in [2.75, 3.05) is 0 Å². The lowest BCUT2D eigenvalue weighted by Crippen LogP contribution is -2.34. The number of para-hydroxylation sites is 1. The number of fused-ring (bicyclic) bond motifs is 1. The number of aromatic amines is 1. The van der Waals surface area contributed by atoms with E-state index in [0.29, 0.717) is 11.8 Å². The highest BCUT2D eigenvalue weighted by Crippen LogP contribution is 2.23. The Labute approximate surface area is 103 Å². The van der Waals surface area contributed by atoms with Gasteiger partial charge in [0.25, 0.3) is 0 Å². The van der Waals surface area contributed by atoms with Gasteiger partial charge in [0.05, 0.1) is 0 Å². The van der Waals surface area contributed by atoms with Crippen LogP contribution < -0.4 is 5.73 Å². The zero-order chi connectivity index (χ0) is 12.4. The first kappa shape index (κ1) is 12.2. The SMILES string of the molecule is CC(C)C(N)[C@H](C)Cc1c[nH]c2ccccc12. The summed E-state index contributed by atoms with van der Waals surface area (Å²) in [6.07, 6.45) is 3.16. The van der Waals surface area contributed by atoms with Crippen LogP contribution in [-0.2, 0) is 6.42 Å². The van der Waals surface area contributed by atoms with Crippen LogP contribution in [0.4, 0.5) is 0 Å². The van der Waals surface area contributed by atoms with E-state index < -0.39 is 0 Å². The van der Waals surface area contributed by atoms with E-state index in [9.17, 15) is 0 Å². The van der Waals surface area contributed by atoms with Crippen molar-refractivity contribution in [1.29, 1.82) is 0 Å². The Bertz CT molecular complexity index is 484. The van der Waals surface area contributed by atoms with Crippen LogP contribution in [0.2, 0.25) is 0 Å². The Morgan fingerprint density at radius 3 is 2.59 bits per heavy atom. The van der Waals surface area contributed by atoms with Gasteiger partial charge in [-0.25, -0.2) is 0 Å². The van der Waals surface area contributed by atoms with Gasteiger partial charge in [-0.1, -0.05) is 39.0 Å². The van der Waals surface area contributed by atoms with Crippen molar-refractivity contribution in [2.24, 2.45) is 17.6 Å². The van der Waals surface area contributed by atoms with Crippen molar-refractivity contribution in [1.82, 2.24) is 4.98 Å². The molecule has 3 N–H and O–H groups in total. The summed E-state index contributed by atoms with van der Waals surface area (Å²) >= 11 is 0. The lowest BCUT2D eigenvalue weighted by atomic mass is 9.88. The summed E-state index contributed by atoms with van der Waals surface area (Å²) < 4.78 is 0. The van der Waals surface area contributed by atoms with Crippen LogP contribution in [0.1, 0.15) is 26.3 Å². The fourth-order valence-electron chi connectivity index (χ4n) is 2.44. The molecule has 2 rings (SSSR count). The second-order valence-corrected chi connectivity index (χ2v) is 5.36. The average Bonchev–Trinajstić information content (AvgIpc) is 2.71. The molecule has 0 aliphatic rings. The Hall–Kier alpha value is -1.28. The normalized spacial score (nSPS) is 15.4. The van der Waals surface area contributed by atoms with Crippen LogP contribution in [-0.4, -0.2) is 11.0 Å². The molecule has 0 radical (unpaired) electrons. The number of hydrogen-bond acceptors (Lipinski definition) is 1. The summed E-state index contributed by atoms with van der Waals surface area (Å²) in [5.74, 6) is 1.05. The molecule has 0 saturated carbocycles. The molecule has 0 aliphatic carbocycles. The maximum atomic E-state index is 6.21. The summed E-state index contributed by atoms with van der Waals surface area (Å²) in [4.78, 5) is 3.32. The van der Waals surface area contributed by atoms with E-state index in [-0.39, 0.29) is 6.04 Å². The summed E-state index contributed by atoms with van der Waals surface area (Å²) in [7, 11) is 0. The molecule has 0 saturated heterocycles. The molecular weight excluding hydrogens is 208 g/mol. The van der Waals surface area contributed by atoms with Gasteiger partial charge in [-0.2, -0.15) is 0 Å². The lowest BCUT2D eigenvalue weighted by Gasteiger charge is -2.23. The van der Waals surface area contributed by atoms with Gasteiger partial charge >= 0.3 is 0 Å². The van der Waals surface area contributed by atoms with Crippen LogP contribution in [0, 0.1) is 11.8 Å². The second kappa shape index (κ2) is 4.92. The quantitative estimate of drug-likeness (QED) is 0.831. The number of H-pyrrole nitrogens is 1. The molecule has 0 bridgehead atoms. The third kappa shape index (κ3) is 2.52. The number of hydrogen-bond donors (Lipinski definition) is 2. The van der Waals surface area contributed by atoms with Crippen LogP contribution in [0.15, 0.2) is 30.5 Å². The van der Waals surface area contributed by atoms with E-state index in [0.717, 1.165) is 6.42 Å². The monoisotopic (exact) mass is 230 g/mol. The molecular formula is C15H22N2. The van der Waals surface area contributed by atoms with Gasteiger partial charge in [-0.15, -0.1) is 0 Å². The number of aromatic nitrogens is 1. The molecule has 2 atom stereocenters. The van der Waals surface area contributed by atoms with Crippen LogP contribution in [0.5, 0.6) is 0 Å². The van der Waals surface area contributed by atoms with Crippen molar-refractivity contribution >= 4 is 10.9 Å². The Balaban J connectivity index is 2.18. The van der Waals surface area contributed by atoms with E-state index in [1.54, 1.807) is 0 Å². The van der Waals surface area contributed by atoms with Gasteiger partial charge < -0.3 is 10.7 Å². The maximum absolute atomic E-state index is 6.21. The fourth-order valence-corrected chi connectivity index (χ4v) is 2.44. The topological polar surface area (TPSA) is 41.8 Å². The molecule has 0 spiro atoms. The van der Waals surface area contributed by atoms with Gasteiger partial charge in [0.2, 0.25) is 0 Å². The molecule has 1 aromatic heterocycles. The van der Waals surface area contributed by atoms with E-state index in [1.165, 1.54) is 16.5 Å². The highest BCUT2D eigenvalue weighted by Gasteiger charge is 2.17. The van der Waals surface area contributed by atoms with Crippen molar-refractivity contribution < 1.29 is 0 Å². The Morgan fingerprint density at radius 2 is 1.88 bits per heavy atom. The summed E-state index contributed by atoms with van der Waals surface area (Å²) in [6, 6.07) is 8.71. The third-order valence-corrected chi connectivity index (χ3v) is 3.64. The molecule has 2 heteroatoms. The van der Waals surface area contributed by atoms with Gasteiger partial charge in [-0.05, 0) is 29.9 Å².